The van der Waals surface area contributed by atoms with E-state index in [4.69, 9.17) is 0 Å². The zero-order valence-electron chi connectivity index (χ0n) is 14.6. The zero-order valence-corrected chi connectivity index (χ0v) is 15.5. The van der Waals surface area contributed by atoms with E-state index in [9.17, 15) is 4.79 Å². The Morgan fingerprint density at radius 3 is 2.76 bits per heavy atom. The van der Waals surface area contributed by atoms with Gasteiger partial charge in [-0.05, 0) is 59.7 Å². The van der Waals surface area contributed by atoms with Gasteiger partial charge in [-0.15, -0.1) is 16.4 Å². The molecule has 0 unspecified atom stereocenters. The molecular formula is C18H21N5OS. The first-order valence-electron chi connectivity index (χ1n) is 8.29. The van der Waals surface area contributed by atoms with Gasteiger partial charge in [-0.25, -0.2) is 4.68 Å². The number of aryl methyl sites for hydroxylation is 1. The number of tetrazole rings is 1. The SMILES string of the molecule is CCCCN(C)C(=O)c1cc(-c2ccc(C)s2)cc(-n2cnnn2)c1. The van der Waals surface area contributed by atoms with E-state index in [1.165, 1.54) is 11.2 Å². The van der Waals surface area contributed by atoms with Crippen LogP contribution in [-0.4, -0.2) is 44.6 Å². The number of carbonyl (C=O) groups is 1. The van der Waals surface area contributed by atoms with Crippen LogP contribution in [0.1, 0.15) is 35.0 Å². The number of hydrogen-bond donors (Lipinski definition) is 0. The van der Waals surface area contributed by atoms with Gasteiger partial charge in [0.1, 0.15) is 6.33 Å². The Bertz CT molecular complexity index is 856. The van der Waals surface area contributed by atoms with E-state index in [0.717, 1.165) is 35.5 Å². The second kappa shape index (κ2) is 7.57. The third-order valence-electron chi connectivity index (χ3n) is 4.00. The fourth-order valence-electron chi connectivity index (χ4n) is 2.60. The van der Waals surface area contributed by atoms with Crippen molar-refractivity contribution in [1.29, 1.82) is 0 Å². The topological polar surface area (TPSA) is 63.9 Å². The number of rotatable bonds is 6. The van der Waals surface area contributed by atoms with E-state index in [0.29, 0.717) is 5.56 Å². The maximum absolute atomic E-state index is 12.8. The van der Waals surface area contributed by atoms with Crippen LogP contribution in [0.15, 0.2) is 36.7 Å². The highest BCUT2D eigenvalue weighted by molar-refractivity contribution is 7.15. The molecule has 0 fully saturated rings. The highest BCUT2D eigenvalue weighted by Gasteiger charge is 2.15. The number of benzene rings is 1. The normalized spacial score (nSPS) is 10.8. The number of amides is 1. The third kappa shape index (κ3) is 3.93. The van der Waals surface area contributed by atoms with E-state index in [1.54, 1.807) is 20.9 Å². The van der Waals surface area contributed by atoms with Gasteiger partial charge in [0, 0.05) is 28.9 Å². The van der Waals surface area contributed by atoms with Crippen molar-refractivity contribution < 1.29 is 4.79 Å². The van der Waals surface area contributed by atoms with Crippen molar-refractivity contribution in [1.82, 2.24) is 25.1 Å². The molecule has 6 nitrogen and oxygen atoms in total. The van der Waals surface area contributed by atoms with Gasteiger partial charge in [0.25, 0.3) is 5.91 Å². The van der Waals surface area contributed by atoms with Crippen LogP contribution in [0.2, 0.25) is 0 Å². The fourth-order valence-corrected chi connectivity index (χ4v) is 3.45. The summed E-state index contributed by atoms with van der Waals surface area (Å²) in [4.78, 5) is 17.0. The summed E-state index contributed by atoms with van der Waals surface area (Å²) >= 11 is 1.70. The lowest BCUT2D eigenvalue weighted by Gasteiger charge is -2.18. The molecule has 0 saturated carbocycles. The summed E-state index contributed by atoms with van der Waals surface area (Å²) in [6.45, 7) is 4.94. The molecule has 0 radical (unpaired) electrons. The van der Waals surface area contributed by atoms with Crippen LogP contribution < -0.4 is 0 Å². The van der Waals surface area contributed by atoms with Crippen molar-refractivity contribution in [2.24, 2.45) is 0 Å². The summed E-state index contributed by atoms with van der Waals surface area (Å²) in [6.07, 6.45) is 3.59. The van der Waals surface area contributed by atoms with E-state index in [1.807, 2.05) is 25.2 Å². The van der Waals surface area contributed by atoms with Crippen LogP contribution in [0, 0.1) is 6.92 Å². The lowest BCUT2D eigenvalue weighted by atomic mass is 10.1. The fraction of sp³-hybridized carbons (Fsp3) is 0.333. The molecule has 7 heteroatoms. The molecular weight excluding hydrogens is 334 g/mol. The highest BCUT2D eigenvalue weighted by Crippen LogP contribution is 2.30. The van der Waals surface area contributed by atoms with Gasteiger partial charge < -0.3 is 4.90 Å². The van der Waals surface area contributed by atoms with Crippen molar-refractivity contribution in [3.05, 3.63) is 47.1 Å². The van der Waals surface area contributed by atoms with Crippen molar-refractivity contribution in [2.75, 3.05) is 13.6 Å². The molecule has 0 spiro atoms. The quantitative estimate of drug-likeness (QED) is 0.678. The Labute approximate surface area is 151 Å². The second-order valence-electron chi connectivity index (χ2n) is 6.01. The van der Waals surface area contributed by atoms with Crippen molar-refractivity contribution in [3.63, 3.8) is 0 Å². The van der Waals surface area contributed by atoms with Gasteiger partial charge in [-0.1, -0.05) is 13.3 Å². The molecule has 0 atom stereocenters. The largest absolute Gasteiger partial charge is 0.342 e. The van der Waals surface area contributed by atoms with Crippen LogP contribution in [0.3, 0.4) is 0 Å². The third-order valence-corrected chi connectivity index (χ3v) is 5.05. The Hall–Kier alpha value is -2.54. The summed E-state index contributed by atoms with van der Waals surface area (Å²) in [6, 6.07) is 9.95. The van der Waals surface area contributed by atoms with Gasteiger partial charge in [-0.3, -0.25) is 4.79 Å². The first kappa shape index (κ1) is 17.3. The minimum atomic E-state index is 0.0119. The molecule has 0 N–H and O–H groups in total. The number of hydrogen-bond acceptors (Lipinski definition) is 5. The van der Waals surface area contributed by atoms with E-state index >= 15 is 0 Å². The molecule has 0 bridgehead atoms. The maximum Gasteiger partial charge on any atom is 0.253 e. The van der Waals surface area contributed by atoms with Crippen molar-refractivity contribution in [2.45, 2.75) is 26.7 Å². The summed E-state index contributed by atoms with van der Waals surface area (Å²) < 4.78 is 1.58. The molecule has 25 heavy (non-hydrogen) atoms. The number of thiophene rings is 1. The molecule has 3 rings (SSSR count). The van der Waals surface area contributed by atoms with Crippen LogP contribution in [-0.2, 0) is 0 Å². The lowest BCUT2D eigenvalue weighted by molar-refractivity contribution is 0.0793. The standard InChI is InChI=1S/C18H21N5OS/c1-4-5-8-22(3)18(24)15-9-14(17-7-6-13(2)25-17)10-16(11-15)23-12-19-20-21-23/h6-7,9-12H,4-5,8H2,1-3H3. The molecule has 1 aromatic carbocycles. The Morgan fingerprint density at radius 2 is 2.12 bits per heavy atom. The molecule has 0 aliphatic carbocycles. The second-order valence-corrected chi connectivity index (χ2v) is 7.30. The van der Waals surface area contributed by atoms with Crippen molar-refractivity contribution in [3.8, 4) is 16.1 Å². The van der Waals surface area contributed by atoms with Gasteiger partial charge in [0.2, 0.25) is 0 Å². The molecule has 0 aliphatic heterocycles. The molecule has 3 aromatic rings. The molecule has 1 amide bonds. The predicted molar refractivity (Wildman–Crippen MR) is 99.1 cm³/mol. The minimum absolute atomic E-state index is 0.0119. The van der Waals surface area contributed by atoms with Crippen LogP contribution >= 0.6 is 11.3 Å². The van der Waals surface area contributed by atoms with Crippen LogP contribution in [0.5, 0.6) is 0 Å². The van der Waals surface area contributed by atoms with E-state index < -0.39 is 0 Å². The van der Waals surface area contributed by atoms with E-state index in [2.05, 4.69) is 41.5 Å². The number of nitrogens with zero attached hydrogens (tertiary/aromatic N) is 5. The first-order chi connectivity index (χ1) is 12.1. The van der Waals surface area contributed by atoms with Crippen molar-refractivity contribution >= 4 is 17.2 Å². The van der Waals surface area contributed by atoms with Gasteiger partial charge >= 0.3 is 0 Å². The monoisotopic (exact) mass is 355 g/mol. The molecule has 130 valence electrons. The van der Waals surface area contributed by atoms with Gasteiger partial charge in [-0.2, -0.15) is 0 Å². The summed E-state index contributed by atoms with van der Waals surface area (Å²) in [5.41, 5.74) is 2.42. The zero-order chi connectivity index (χ0) is 17.8. The van der Waals surface area contributed by atoms with Crippen LogP contribution in [0.25, 0.3) is 16.1 Å². The summed E-state index contributed by atoms with van der Waals surface area (Å²) in [5.74, 6) is 0.0119. The average Bonchev–Trinajstić information content (AvgIpc) is 3.30. The molecule has 2 heterocycles. The number of aromatic nitrogens is 4. The lowest BCUT2D eigenvalue weighted by Crippen LogP contribution is -2.27. The average molecular weight is 355 g/mol. The molecule has 0 aliphatic rings. The minimum Gasteiger partial charge on any atom is -0.342 e. The van der Waals surface area contributed by atoms with Crippen LogP contribution in [0.4, 0.5) is 0 Å². The molecule has 0 saturated heterocycles. The smallest absolute Gasteiger partial charge is 0.253 e. The van der Waals surface area contributed by atoms with Gasteiger partial charge in [0.15, 0.2) is 0 Å². The highest BCUT2D eigenvalue weighted by atomic mass is 32.1. The van der Waals surface area contributed by atoms with E-state index in [-0.39, 0.29) is 5.91 Å². The summed E-state index contributed by atoms with van der Waals surface area (Å²) in [7, 11) is 1.84. The first-order valence-corrected chi connectivity index (χ1v) is 9.11. The number of unbranched alkanes of at least 4 members (excludes halogenated alkanes) is 1. The molecule has 2 aromatic heterocycles. The van der Waals surface area contributed by atoms with Gasteiger partial charge in [0.05, 0.1) is 5.69 Å². The Kier molecular flexibility index (Phi) is 5.23. The summed E-state index contributed by atoms with van der Waals surface area (Å²) in [5, 5.41) is 11.3. The predicted octanol–water partition coefficient (Wildman–Crippen LogP) is 3.57. The number of carbonyl (C=O) groups excluding carboxylic acids is 1. The maximum atomic E-state index is 12.8. The Morgan fingerprint density at radius 1 is 1.28 bits per heavy atom. The Balaban J connectivity index is 2.02.